The normalized spacial score (nSPS) is 15.8. The molecule has 2 amide bonds. The summed E-state index contributed by atoms with van der Waals surface area (Å²) >= 11 is 10.1. The number of carbonyl (C=O) groups is 1. The fourth-order valence-electron chi connectivity index (χ4n) is 2.68. The van der Waals surface area contributed by atoms with Gasteiger partial charge in [-0.1, -0.05) is 11.6 Å². The van der Waals surface area contributed by atoms with Gasteiger partial charge < -0.3 is 15.0 Å². The van der Waals surface area contributed by atoms with E-state index in [0.29, 0.717) is 3.79 Å². The van der Waals surface area contributed by atoms with Crippen LogP contribution in [0.4, 0.5) is 23.7 Å². The Hall–Kier alpha value is -1.54. The lowest BCUT2D eigenvalue weighted by Crippen LogP contribution is -2.51. The number of sulfonamides is 1. The Balaban J connectivity index is 1.59. The molecule has 1 aliphatic heterocycles. The summed E-state index contributed by atoms with van der Waals surface area (Å²) in [4.78, 5) is 13.8. The van der Waals surface area contributed by atoms with Gasteiger partial charge in [-0.3, -0.25) is 0 Å². The molecule has 1 fully saturated rings. The van der Waals surface area contributed by atoms with Crippen molar-refractivity contribution in [2.45, 2.75) is 10.6 Å². The lowest BCUT2D eigenvalue weighted by molar-refractivity contribution is -0.274. The van der Waals surface area contributed by atoms with Crippen molar-refractivity contribution < 1.29 is 31.1 Å². The van der Waals surface area contributed by atoms with Crippen molar-refractivity contribution in [1.82, 2.24) is 9.21 Å². The minimum absolute atomic E-state index is 0.115. The van der Waals surface area contributed by atoms with E-state index < -0.39 is 28.2 Å². The zero-order valence-corrected chi connectivity index (χ0v) is 18.9. The number of carbonyl (C=O) groups excluding carboxylic acids is 1. The highest BCUT2D eigenvalue weighted by Crippen LogP contribution is 2.32. The molecule has 0 atom stereocenters. The second-order valence-corrected chi connectivity index (χ2v) is 11.1. The van der Waals surface area contributed by atoms with Gasteiger partial charge in [-0.2, -0.15) is 4.31 Å². The van der Waals surface area contributed by atoms with Crippen LogP contribution in [0.1, 0.15) is 0 Å². The van der Waals surface area contributed by atoms with Crippen molar-refractivity contribution in [3.05, 3.63) is 39.1 Å². The van der Waals surface area contributed by atoms with E-state index in [1.807, 2.05) is 0 Å². The van der Waals surface area contributed by atoms with Crippen molar-refractivity contribution in [3.8, 4) is 5.75 Å². The Kier molecular flexibility index (Phi) is 6.87. The highest BCUT2D eigenvalue weighted by molar-refractivity contribution is 9.11. The first-order valence-corrected chi connectivity index (χ1v) is 11.8. The lowest BCUT2D eigenvalue weighted by Gasteiger charge is -2.33. The Labute approximate surface area is 187 Å². The molecule has 1 aliphatic rings. The third-order valence-electron chi connectivity index (χ3n) is 4.08. The van der Waals surface area contributed by atoms with E-state index in [9.17, 15) is 26.4 Å². The average molecular weight is 549 g/mol. The van der Waals surface area contributed by atoms with Crippen molar-refractivity contribution in [1.29, 1.82) is 0 Å². The molecule has 1 N–H and O–H groups in total. The molecule has 164 valence electrons. The second-order valence-electron chi connectivity index (χ2n) is 6.07. The van der Waals surface area contributed by atoms with Gasteiger partial charge >= 0.3 is 12.4 Å². The molecule has 0 radical (unpaired) electrons. The summed E-state index contributed by atoms with van der Waals surface area (Å²) in [6, 6.07) is 5.99. The molecule has 2 aromatic rings. The maximum atomic E-state index is 12.6. The van der Waals surface area contributed by atoms with Gasteiger partial charge in [0.05, 0.1) is 8.81 Å². The smallest absolute Gasteiger partial charge is 0.404 e. The number of alkyl halides is 3. The monoisotopic (exact) mass is 547 g/mol. The first-order chi connectivity index (χ1) is 14.0. The average Bonchev–Trinajstić information content (AvgIpc) is 3.10. The van der Waals surface area contributed by atoms with Crippen LogP contribution in [0.5, 0.6) is 5.75 Å². The molecule has 1 aromatic heterocycles. The number of piperazine rings is 1. The third kappa shape index (κ3) is 5.58. The van der Waals surface area contributed by atoms with Gasteiger partial charge in [-0.25, -0.2) is 13.2 Å². The molecule has 30 heavy (non-hydrogen) atoms. The number of amides is 2. The minimum Gasteiger partial charge on any atom is -0.404 e. The van der Waals surface area contributed by atoms with Crippen LogP contribution in [0.15, 0.2) is 38.3 Å². The molecule has 2 heterocycles. The summed E-state index contributed by atoms with van der Waals surface area (Å²) in [5, 5.41) is 2.21. The van der Waals surface area contributed by atoms with Gasteiger partial charge in [-0.15, -0.1) is 24.5 Å². The SMILES string of the molecule is O=C(Nc1ccc(OC(F)(F)F)c(Cl)c1)N1CCN(S(=O)(=O)c2ccc(Br)s2)CC1. The van der Waals surface area contributed by atoms with Crippen LogP contribution in [0, 0.1) is 0 Å². The van der Waals surface area contributed by atoms with Crippen LogP contribution in [-0.4, -0.2) is 56.2 Å². The van der Waals surface area contributed by atoms with Gasteiger partial charge in [-0.05, 0) is 46.3 Å². The predicted molar refractivity (Wildman–Crippen MR) is 110 cm³/mol. The molecule has 0 aliphatic carbocycles. The number of halogens is 5. The van der Waals surface area contributed by atoms with Crippen LogP contribution in [-0.2, 0) is 10.0 Å². The molecular weight excluding hydrogens is 535 g/mol. The number of thiophene rings is 1. The van der Waals surface area contributed by atoms with Crippen molar-refractivity contribution in [3.63, 3.8) is 0 Å². The quantitative estimate of drug-likeness (QED) is 0.606. The molecular formula is C16H14BrClF3N3O4S2. The zero-order valence-electron chi connectivity index (χ0n) is 14.9. The Morgan fingerprint density at radius 2 is 1.83 bits per heavy atom. The number of rotatable bonds is 4. The maximum absolute atomic E-state index is 12.6. The van der Waals surface area contributed by atoms with Crippen molar-refractivity contribution >= 4 is 60.6 Å². The first kappa shape index (κ1) is 23.1. The maximum Gasteiger partial charge on any atom is 0.573 e. The van der Waals surface area contributed by atoms with Gasteiger partial charge in [0.25, 0.3) is 10.0 Å². The summed E-state index contributed by atoms with van der Waals surface area (Å²) in [7, 11) is -3.63. The van der Waals surface area contributed by atoms with E-state index in [1.54, 1.807) is 6.07 Å². The van der Waals surface area contributed by atoms with Gasteiger partial charge in [0, 0.05) is 31.9 Å². The Morgan fingerprint density at radius 3 is 2.37 bits per heavy atom. The Morgan fingerprint density at radius 1 is 1.17 bits per heavy atom. The van der Waals surface area contributed by atoms with E-state index in [-0.39, 0.29) is 41.1 Å². The fourth-order valence-corrected chi connectivity index (χ4v) is 6.49. The summed E-state index contributed by atoms with van der Waals surface area (Å²) in [5.74, 6) is -0.582. The molecule has 14 heteroatoms. The highest BCUT2D eigenvalue weighted by atomic mass is 79.9. The summed E-state index contributed by atoms with van der Waals surface area (Å²) < 4.78 is 68.1. The molecule has 0 spiro atoms. The molecule has 0 saturated carbocycles. The summed E-state index contributed by atoms with van der Waals surface area (Å²) in [6.45, 7) is 0.538. The van der Waals surface area contributed by atoms with E-state index in [1.165, 1.54) is 21.3 Å². The minimum atomic E-state index is -4.88. The van der Waals surface area contributed by atoms with Crippen LogP contribution in [0.3, 0.4) is 0 Å². The number of nitrogens with one attached hydrogen (secondary N) is 1. The van der Waals surface area contributed by atoms with Crippen LogP contribution < -0.4 is 10.1 Å². The Bertz CT molecular complexity index is 1040. The fraction of sp³-hybridized carbons (Fsp3) is 0.312. The standard InChI is InChI=1S/C16H14BrClF3N3O4S2/c17-13-3-4-14(29-13)30(26,27)24-7-5-23(6-8-24)15(25)22-10-1-2-12(11(18)9-10)28-16(19,20)21/h1-4,9H,5-8H2,(H,22,25). The molecule has 1 saturated heterocycles. The molecule has 1 aromatic carbocycles. The van der Waals surface area contributed by atoms with Gasteiger partial charge in [0.2, 0.25) is 0 Å². The van der Waals surface area contributed by atoms with Crippen LogP contribution in [0.25, 0.3) is 0 Å². The number of hydrogen-bond donors (Lipinski definition) is 1. The van der Waals surface area contributed by atoms with E-state index in [2.05, 4.69) is 26.0 Å². The first-order valence-electron chi connectivity index (χ1n) is 8.32. The van der Waals surface area contributed by atoms with Crippen LogP contribution >= 0.6 is 38.9 Å². The number of nitrogens with zero attached hydrogens (tertiary/aromatic N) is 2. The topological polar surface area (TPSA) is 79.0 Å². The third-order valence-corrected chi connectivity index (χ3v) is 8.36. The zero-order chi connectivity index (χ0) is 22.1. The summed E-state index contributed by atoms with van der Waals surface area (Å²) in [6.07, 6.45) is -4.88. The largest absolute Gasteiger partial charge is 0.573 e. The van der Waals surface area contributed by atoms with Gasteiger partial charge in [0.15, 0.2) is 0 Å². The molecule has 0 unspecified atom stereocenters. The highest BCUT2D eigenvalue weighted by Gasteiger charge is 2.33. The van der Waals surface area contributed by atoms with E-state index in [0.717, 1.165) is 23.5 Å². The van der Waals surface area contributed by atoms with Crippen molar-refractivity contribution in [2.75, 3.05) is 31.5 Å². The molecule has 0 bridgehead atoms. The summed E-state index contributed by atoms with van der Waals surface area (Å²) in [5.41, 5.74) is 0.179. The van der Waals surface area contributed by atoms with Gasteiger partial charge in [0.1, 0.15) is 9.96 Å². The molecule has 7 nitrogen and oxygen atoms in total. The predicted octanol–water partition coefficient (Wildman–Crippen LogP) is 4.60. The van der Waals surface area contributed by atoms with E-state index in [4.69, 9.17) is 11.6 Å². The number of anilines is 1. The number of ether oxygens (including phenoxy) is 1. The number of urea groups is 1. The van der Waals surface area contributed by atoms with E-state index >= 15 is 0 Å². The number of benzene rings is 1. The second kappa shape index (κ2) is 8.91. The lowest BCUT2D eigenvalue weighted by atomic mass is 10.3. The number of hydrogen-bond acceptors (Lipinski definition) is 5. The molecule has 3 rings (SSSR count). The van der Waals surface area contributed by atoms with Crippen molar-refractivity contribution in [2.24, 2.45) is 0 Å². The van der Waals surface area contributed by atoms with Crippen LogP contribution in [0.2, 0.25) is 5.02 Å².